The van der Waals surface area contributed by atoms with Gasteiger partial charge in [0.25, 0.3) is 0 Å². The second-order valence-corrected chi connectivity index (χ2v) is 9.17. The van der Waals surface area contributed by atoms with Gasteiger partial charge in [0.2, 0.25) is 17.7 Å². The van der Waals surface area contributed by atoms with Crippen LogP contribution in [-0.2, 0) is 32.0 Å². The molecule has 3 atom stereocenters. The summed E-state index contributed by atoms with van der Waals surface area (Å²) >= 11 is 0. The van der Waals surface area contributed by atoms with E-state index in [0.29, 0.717) is 19.4 Å². The maximum absolute atomic E-state index is 13.6. The molecule has 10 heteroatoms. The molecule has 3 unspecified atom stereocenters. The highest BCUT2D eigenvalue weighted by Gasteiger charge is 2.39. The van der Waals surface area contributed by atoms with Crippen LogP contribution in [0.15, 0.2) is 60.8 Å². The third-order valence-corrected chi connectivity index (χ3v) is 6.65. The van der Waals surface area contributed by atoms with E-state index in [1.165, 1.54) is 4.90 Å². The summed E-state index contributed by atoms with van der Waals surface area (Å²) in [7, 11) is 0. The Morgan fingerprint density at radius 3 is 2.46 bits per heavy atom. The lowest BCUT2D eigenvalue weighted by Crippen LogP contribution is -2.56. The second kappa shape index (κ2) is 11.7. The van der Waals surface area contributed by atoms with Crippen molar-refractivity contribution in [2.45, 2.75) is 43.8 Å². The van der Waals surface area contributed by atoms with Crippen molar-refractivity contribution < 1.29 is 24.3 Å². The number of hydrogen-bond donors (Lipinski definition) is 5. The number of H-pyrrole nitrogens is 1. The standard InChI is InChI=1S/C27H31N5O5/c28-15-24(33)30-21(14-18-16-29-20-10-5-4-9-19(18)20)26(35)32-12-6-11-23(32)25(34)31-22(27(36)37)13-17-7-2-1-3-8-17/h1-5,7-10,16,21-23,29H,6,11-15,28H2,(H,30,33)(H,31,34)(H,36,37). The molecule has 3 aromatic rings. The largest absolute Gasteiger partial charge is 0.480 e. The molecule has 1 aliphatic heterocycles. The summed E-state index contributed by atoms with van der Waals surface area (Å²) in [6, 6.07) is 13.8. The molecule has 10 nitrogen and oxygen atoms in total. The molecule has 1 aromatic heterocycles. The molecule has 1 aliphatic rings. The van der Waals surface area contributed by atoms with Gasteiger partial charge in [0.1, 0.15) is 18.1 Å². The number of aromatic amines is 1. The number of likely N-dealkylation sites (tertiary alicyclic amines) is 1. The van der Waals surface area contributed by atoms with Crippen molar-refractivity contribution in [1.82, 2.24) is 20.5 Å². The number of benzene rings is 2. The van der Waals surface area contributed by atoms with Gasteiger partial charge in [0, 0.05) is 36.5 Å². The molecule has 0 aliphatic carbocycles. The lowest BCUT2D eigenvalue weighted by atomic mass is 10.0. The molecule has 2 aromatic carbocycles. The highest BCUT2D eigenvalue weighted by atomic mass is 16.4. The number of hydrogen-bond acceptors (Lipinski definition) is 5. The number of aromatic nitrogens is 1. The highest BCUT2D eigenvalue weighted by Crippen LogP contribution is 2.23. The number of fused-ring (bicyclic) bond motifs is 1. The highest BCUT2D eigenvalue weighted by molar-refractivity contribution is 5.95. The molecule has 37 heavy (non-hydrogen) atoms. The van der Waals surface area contributed by atoms with E-state index in [0.717, 1.165) is 22.0 Å². The number of nitrogens with two attached hydrogens (primary N) is 1. The van der Waals surface area contributed by atoms with Crippen molar-refractivity contribution in [3.63, 3.8) is 0 Å². The van der Waals surface area contributed by atoms with Crippen LogP contribution in [0.25, 0.3) is 10.9 Å². The summed E-state index contributed by atoms with van der Waals surface area (Å²) in [5.41, 5.74) is 8.03. The summed E-state index contributed by atoms with van der Waals surface area (Å²) < 4.78 is 0. The number of carbonyl (C=O) groups is 4. The van der Waals surface area contributed by atoms with E-state index in [4.69, 9.17) is 5.73 Å². The van der Waals surface area contributed by atoms with Crippen LogP contribution in [0.2, 0.25) is 0 Å². The first-order valence-electron chi connectivity index (χ1n) is 12.3. The molecule has 1 fully saturated rings. The zero-order valence-electron chi connectivity index (χ0n) is 20.4. The summed E-state index contributed by atoms with van der Waals surface area (Å²) in [5.74, 6) is -2.56. The van der Waals surface area contributed by atoms with Gasteiger partial charge in [-0.05, 0) is 30.0 Å². The fourth-order valence-corrected chi connectivity index (χ4v) is 4.79. The van der Waals surface area contributed by atoms with Gasteiger partial charge in [-0.3, -0.25) is 14.4 Å². The van der Waals surface area contributed by atoms with Gasteiger partial charge in [-0.25, -0.2) is 4.79 Å². The number of carboxylic acid groups (broad SMARTS) is 1. The summed E-state index contributed by atoms with van der Waals surface area (Å²) in [5, 5.41) is 15.9. The molecule has 4 rings (SSSR count). The normalized spacial score (nSPS) is 16.8. The van der Waals surface area contributed by atoms with Gasteiger partial charge < -0.3 is 31.4 Å². The molecule has 0 bridgehead atoms. The first-order chi connectivity index (χ1) is 17.9. The van der Waals surface area contributed by atoms with Crippen LogP contribution in [0.4, 0.5) is 0 Å². The fraction of sp³-hybridized carbons (Fsp3) is 0.333. The van der Waals surface area contributed by atoms with Crippen molar-refractivity contribution in [2.75, 3.05) is 13.1 Å². The van der Waals surface area contributed by atoms with Crippen LogP contribution in [-0.4, -0.2) is 69.9 Å². The number of amides is 3. The molecule has 6 N–H and O–H groups in total. The third-order valence-electron chi connectivity index (χ3n) is 6.65. The van der Waals surface area contributed by atoms with Crippen LogP contribution in [0.5, 0.6) is 0 Å². The lowest BCUT2D eigenvalue weighted by Gasteiger charge is -2.29. The molecule has 1 saturated heterocycles. The van der Waals surface area contributed by atoms with Crippen molar-refractivity contribution in [3.8, 4) is 0 Å². The predicted octanol–water partition coefficient (Wildman–Crippen LogP) is 0.957. The second-order valence-electron chi connectivity index (χ2n) is 9.17. The van der Waals surface area contributed by atoms with E-state index in [9.17, 15) is 24.3 Å². The number of para-hydroxylation sites is 1. The summed E-state index contributed by atoms with van der Waals surface area (Å²) in [6.45, 7) is 0.0532. The topological polar surface area (TPSA) is 158 Å². The van der Waals surface area contributed by atoms with Gasteiger partial charge in [0.05, 0.1) is 6.54 Å². The summed E-state index contributed by atoms with van der Waals surface area (Å²) in [4.78, 5) is 55.5. The van der Waals surface area contributed by atoms with E-state index < -0.39 is 41.8 Å². The molecule has 0 radical (unpaired) electrons. The number of carboxylic acids is 1. The minimum atomic E-state index is -1.15. The van der Waals surface area contributed by atoms with Crippen molar-refractivity contribution in [2.24, 2.45) is 5.73 Å². The number of nitrogens with zero attached hydrogens (tertiary/aromatic N) is 1. The Labute approximate surface area is 214 Å². The number of aliphatic carboxylic acids is 1. The summed E-state index contributed by atoms with van der Waals surface area (Å²) in [6.07, 6.45) is 3.13. The van der Waals surface area contributed by atoms with E-state index >= 15 is 0 Å². The average Bonchev–Trinajstić information content (AvgIpc) is 3.56. The van der Waals surface area contributed by atoms with Crippen LogP contribution in [0.1, 0.15) is 24.0 Å². The Morgan fingerprint density at radius 2 is 1.73 bits per heavy atom. The van der Waals surface area contributed by atoms with Crippen LogP contribution < -0.4 is 16.4 Å². The van der Waals surface area contributed by atoms with E-state index in [2.05, 4.69) is 15.6 Å². The molecule has 3 amide bonds. The quantitative estimate of drug-likeness (QED) is 0.276. The maximum atomic E-state index is 13.6. The molecular formula is C27H31N5O5. The first kappa shape index (κ1) is 25.9. The van der Waals surface area contributed by atoms with E-state index in [1.807, 2.05) is 30.3 Å². The molecule has 0 saturated carbocycles. The minimum Gasteiger partial charge on any atom is -0.480 e. The molecule has 0 spiro atoms. The van der Waals surface area contributed by atoms with Crippen LogP contribution >= 0.6 is 0 Å². The Morgan fingerprint density at radius 1 is 1.00 bits per heavy atom. The average molecular weight is 506 g/mol. The monoisotopic (exact) mass is 505 g/mol. The third kappa shape index (κ3) is 6.15. The van der Waals surface area contributed by atoms with Crippen LogP contribution in [0.3, 0.4) is 0 Å². The lowest BCUT2D eigenvalue weighted by molar-refractivity contribution is -0.144. The van der Waals surface area contributed by atoms with Gasteiger partial charge in [-0.2, -0.15) is 0 Å². The first-order valence-corrected chi connectivity index (χ1v) is 12.3. The van der Waals surface area contributed by atoms with Crippen molar-refractivity contribution in [3.05, 3.63) is 71.9 Å². The maximum Gasteiger partial charge on any atom is 0.326 e. The SMILES string of the molecule is NCC(=O)NC(Cc1c[nH]c2ccccc12)C(=O)N1CCCC1C(=O)NC(Cc1ccccc1)C(=O)O. The minimum absolute atomic E-state index is 0.123. The zero-order chi connectivity index (χ0) is 26.4. The van der Waals surface area contributed by atoms with E-state index in [-0.39, 0.29) is 19.4 Å². The Kier molecular flexibility index (Phi) is 8.19. The molecular weight excluding hydrogens is 474 g/mol. The smallest absolute Gasteiger partial charge is 0.326 e. The van der Waals surface area contributed by atoms with E-state index in [1.54, 1.807) is 30.5 Å². The van der Waals surface area contributed by atoms with Gasteiger partial charge >= 0.3 is 5.97 Å². The molecule has 2 heterocycles. The Balaban J connectivity index is 1.50. The fourth-order valence-electron chi connectivity index (χ4n) is 4.79. The van der Waals surface area contributed by atoms with Gasteiger partial charge in [0.15, 0.2) is 0 Å². The van der Waals surface area contributed by atoms with Gasteiger partial charge in [-0.15, -0.1) is 0 Å². The molecule has 194 valence electrons. The van der Waals surface area contributed by atoms with Gasteiger partial charge in [-0.1, -0.05) is 48.5 Å². The number of carbonyl (C=O) groups excluding carboxylic acids is 3. The zero-order valence-corrected chi connectivity index (χ0v) is 20.4. The Hall–Kier alpha value is -4.18. The number of rotatable bonds is 10. The number of nitrogens with one attached hydrogen (secondary N) is 3. The van der Waals surface area contributed by atoms with Crippen molar-refractivity contribution >= 4 is 34.6 Å². The predicted molar refractivity (Wildman–Crippen MR) is 137 cm³/mol. The van der Waals surface area contributed by atoms with Crippen LogP contribution in [0, 0.1) is 0 Å². The Bertz CT molecular complexity index is 1270. The van der Waals surface area contributed by atoms with Crippen molar-refractivity contribution in [1.29, 1.82) is 0 Å².